The number of benzene rings is 1. The van der Waals surface area contributed by atoms with Crippen molar-refractivity contribution in [3.05, 3.63) is 41.5 Å². The van der Waals surface area contributed by atoms with Gasteiger partial charge in [-0.3, -0.25) is 9.00 Å². The van der Waals surface area contributed by atoms with E-state index in [0.717, 1.165) is 24.3 Å². The molecule has 0 spiro atoms. The number of hydrogen-bond donors (Lipinski definition) is 0. The molecule has 1 aliphatic heterocycles. The van der Waals surface area contributed by atoms with Gasteiger partial charge in [-0.05, 0) is 37.1 Å². The van der Waals surface area contributed by atoms with E-state index in [0.29, 0.717) is 23.8 Å². The average Bonchev–Trinajstić information content (AvgIpc) is 3.01. The quantitative estimate of drug-likeness (QED) is 0.860. The molecule has 2 atom stereocenters. The smallest absolute Gasteiger partial charge is 0.253 e. The number of aryl methyl sites for hydroxylation is 1. The lowest BCUT2D eigenvalue weighted by atomic mass is 9.96. The minimum atomic E-state index is -1.04. The van der Waals surface area contributed by atoms with Crippen molar-refractivity contribution in [1.29, 1.82) is 0 Å². The molecule has 2 unspecified atom stereocenters. The molecule has 0 aliphatic carbocycles. The van der Waals surface area contributed by atoms with Crippen molar-refractivity contribution in [2.24, 2.45) is 0 Å². The molecule has 1 aromatic heterocycles. The molecule has 0 radical (unpaired) electrons. The Morgan fingerprint density at radius 2 is 2.09 bits per heavy atom. The number of likely N-dealkylation sites (tertiary alicyclic amines) is 1. The maximum atomic E-state index is 12.6. The highest BCUT2D eigenvalue weighted by Gasteiger charge is 2.28. The van der Waals surface area contributed by atoms with Crippen LogP contribution in [0.25, 0.3) is 0 Å². The van der Waals surface area contributed by atoms with E-state index in [1.54, 1.807) is 37.4 Å². The maximum absolute atomic E-state index is 12.6. The summed E-state index contributed by atoms with van der Waals surface area (Å²) in [7, 11) is -1.04. The number of carbonyl (C=O) groups is 1. The van der Waals surface area contributed by atoms with Crippen LogP contribution in [0.1, 0.15) is 40.8 Å². The number of aromatic nitrogens is 2. The predicted octanol–water partition coefficient (Wildman–Crippen LogP) is 2.14. The molecule has 1 saturated heterocycles. The third-order valence-corrected chi connectivity index (χ3v) is 4.99. The van der Waals surface area contributed by atoms with E-state index in [1.165, 1.54) is 0 Å². The van der Waals surface area contributed by atoms with Gasteiger partial charge in [0, 0.05) is 53.4 Å². The Labute approximate surface area is 137 Å². The van der Waals surface area contributed by atoms with Gasteiger partial charge in [0.05, 0.1) is 0 Å². The Hall–Kier alpha value is -2.02. The van der Waals surface area contributed by atoms with Gasteiger partial charge in [0.15, 0.2) is 5.82 Å². The summed E-state index contributed by atoms with van der Waals surface area (Å²) >= 11 is 0. The van der Waals surface area contributed by atoms with Gasteiger partial charge in [0.2, 0.25) is 5.89 Å². The third kappa shape index (κ3) is 3.50. The van der Waals surface area contributed by atoms with E-state index in [4.69, 9.17) is 4.52 Å². The molecule has 122 valence electrons. The van der Waals surface area contributed by atoms with Crippen molar-refractivity contribution < 1.29 is 13.5 Å². The number of amides is 1. The molecule has 2 aromatic rings. The standard InChI is InChI=1S/C16H19N3O3S/c1-11-17-15(18-22-11)13-4-3-9-19(10-13)16(20)12-5-7-14(8-6-12)23(2)21/h5-8,13H,3-4,9-10H2,1-2H3. The summed E-state index contributed by atoms with van der Waals surface area (Å²) in [5.41, 5.74) is 0.615. The average molecular weight is 333 g/mol. The van der Waals surface area contributed by atoms with Crippen molar-refractivity contribution in [3.8, 4) is 0 Å². The highest BCUT2D eigenvalue weighted by atomic mass is 32.2. The second-order valence-electron chi connectivity index (χ2n) is 5.74. The first kappa shape index (κ1) is 15.9. The molecule has 3 rings (SSSR count). The van der Waals surface area contributed by atoms with Gasteiger partial charge in [-0.25, -0.2) is 0 Å². The zero-order chi connectivity index (χ0) is 16.4. The van der Waals surface area contributed by atoms with Gasteiger partial charge in [-0.1, -0.05) is 5.16 Å². The van der Waals surface area contributed by atoms with Crippen LogP contribution in [0.5, 0.6) is 0 Å². The Morgan fingerprint density at radius 3 is 2.70 bits per heavy atom. The van der Waals surface area contributed by atoms with Crippen LogP contribution < -0.4 is 0 Å². The largest absolute Gasteiger partial charge is 0.340 e. The van der Waals surface area contributed by atoms with Gasteiger partial charge in [-0.2, -0.15) is 4.98 Å². The molecule has 1 amide bonds. The van der Waals surface area contributed by atoms with Crippen LogP contribution in [-0.2, 0) is 10.8 Å². The van der Waals surface area contributed by atoms with Gasteiger partial charge in [-0.15, -0.1) is 0 Å². The molecule has 0 N–H and O–H groups in total. The Kier molecular flexibility index (Phi) is 4.56. The summed E-state index contributed by atoms with van der Waals surface area (Å²) < 4.78 is 16.5. The first-order valence-electron chi connectivity index (χ1n) is 7.57. The molecule has 1 aromatic carbocycles. The molecule has 1 fully saturated rings. The molecule has 7 heteroatoms. The zero-order valence-electron chi connectivity index (χ0n) is 13.2. The first-order chi connectivity index (χ1) is 11.0. The van der Waals surface area contributed by atoms with E-state index >= 15 is 0 Å². The predicted molar refractivity (Wildman–Crippen MR) is 85.7 cm³/mol. The lowest BCUT2D eigenvalue weighted by Crippen LogP contribution is -2.39. The van der Waals surface area contributed by atoms with Gasteiger partial charge in [0.25, 0.3) is 5.91 Å². The highest BCUT2D eigenvalue weighted by molar-refractivity contribution is 7.84. The Balaban J connectivity index is 1.72. The third-order valence-electron chi connectivity index (χ3n) is 4.05. The monoisotopic (exact) mass is 333 g/mol. The number of piperidine rings is 1. The fourth-order valence-corrected chi connectivity index (χ4v) is 3.34. The lowest BCUT2D eigenvalue weighted by Gasteiger charge is -2.31. The molecule has 0 saturated carbocycles. The van der Waals surface area contributed by atoms with Gasteiger partial charge < -0.3 is 9.42 Å². The van der Waals surface area contributed by atoms with E-state index < -0.39 is 10.8 Å². The van der Waals surface area contributed by atoms with Crippen LogP contribution in [0, 0.1) is 6.92 Å². The van der Waals surface area contributed by atoms with Crippen molar-refractivity contribution >= 4 is 16.7 Å². The molecule has 6 nitrogen and oxygen atoms in total. The second kappa shape index (κ2) is 6.62. The van der Waals surface area contributed by atoms with Crippen LogP contribution in [0.4, 0.5) is 0 Å². The lowest BCUT2D eigenvalue weighted by molar-refractivity contribution is 0.0703. The summed E-state index contributed by atoms with van der Waals surface area (Å²) in [6.45, 7) is 3.09. The minimum absolute atomic E-state index is 0.0108. The second-order valence-corrected chi connectivity index (χ2v) is 7.12. The molecular weight excluding hydrogens is 314 g/mol. The van der Waals surface area contributed by atoms with Crippen LogP contribution >= 0.6 is 0 Å². The number of rotatable bonds is 3. The summed E-state index contributed by atoms with van der Waals surface area (Å²) in [4.78, 5) is 19.5. The van der Waals surface area contributed by atoms with Crippen LogP contribution in [0.3, 0.4) is 0 Å². The topological polar surface area (TPSA) is 76.3 Å². The first-order valence-corrected chi connectivity index (χ1v) is 9.13. The van der Waals surface area contributed by atoms with Crippen molar-refractivity contribution in [3.63, 3.8) is 0 Å². The Morgan fingerprint density at radius 1 is 1.35 bits per heavy atom. The van der Waals surface area contributed by atoms with Crippen LogP contribution in [0.15, 0.2) is 33.7 Å². The van der Waals surface area contributed by atoms with Gasteiger partial charge >= 0.3 is 0 Å². The van der Waals surface area contributed by atoms with Crippen molar-refractivity contribution in [2.45, 2.75) is 30.6 Å². The molecule has 23 heavy (non-hydrogen) atoms. The van der Waals surface area contributed by atoms with E-state index in [1.807, 2.05) is 4.90 Å². The Bertz CT molecular complexity index is 726. The molecule has 2 heterocycles. The van der Waals surface area contributed by atoms with Crippen LogP contribution in [-0.4, -0.2) is 44.5 Å². The number of hydrogen-bond acceptors (Lipinski definition) is 5. The molecule has 0 bridgehead atoms. The van der Waals surface area contributed by atoms with Crippen LogP contribution in [0.2, 0.25) is 0 Å². The summed E-state index contributed by atoms with van der Waals surface area (Å²) in [6.07, 6.45) is 3.50. The van der Waals surface area contributed by atoms with Crippen molar-refractivity contribution in [2.75, 3.05) is 19.3 Å². The normalized spacial score (nSPS) is 19.6. The van der Waals surface area contributed by atoms with E-state index in [9.17, 15) is 9.00 Å². The number of carbonyl (C=O) groups excluding carboxylic acids is 1. The fourth-order valence-electron chi connectivity index (χ4n) is 2.82. The summed E-state index contributed by atoms with van der Waals surface area (Å²) in [5.74, 6) is 1.33. The maximum Gasteiger partial charge on any atom is 0.253 e. The summed E-state index contributed by atoms with van der Waals surface area (Å²) in [6, 6.07) is 6.96. The zero-order valence-corrected chi connectivity index (χ0v) is 14.0. The fraction of sp³-hybridized carbons (Fsp3) is 0.438. The highest BCUT2D eigenvalue weighted by Crippen LogP contribution is 2.26. The number of nitrogens with zero attached hydrogens (tertiary/aromatic N) is 3. The minimum Gasteiger partial charge on any atom is -0.340 e. The molecule has 1 aliphatic rings. The van der Waals surface area contributed by atoms with E-state index in [2.05, 4.69) is 10.1 Å². The van der Waals surface area contributed by atoms with Crippen molar-refractivity contribution in [1.82, 2.24) is 15.0 Å². The SMILES string of the molecule is Cc1nc(C2CCCN(C(=O)c3ccc(S(C)=O)cc3)C2)no1. The van der Waals surface area contributed by atoms with Gasteiger partial charge in [0.1, 0.15) is 0 Å². The van der Waals surface area contributed by atoms with E-state index in [-0.39, 0.29) is 11.8 Å². The summed E-state index contributed by atoms with van der Waals surface area (Å²) in [5, 5.41) is 3.98. The molecular formula is C16H19N3O3S.